The molecule has 0 aliphatic heterocycles. The molecule has 1 aliphatic rings. The Morgan fingerprint density at radius 1 is 1.30 bits per heavy atom. The zero-order valence-electron chi connectivity index (χ0n) is 10.6. The highest BCUT2D eigenvalue weighted by Crippen LogP contribution is 2.30. The number of nitrogens with one attached hydrogen (secondary N) is 1. The maximum atomic E-state index is 12.0. The number of anilines is 1. The molecule has 0 atom stereocenters. The fraction of sp³-hybridized carbons (Fsp3) is 0.231. The van der Waals surface area contributed by atoms with Gasteiger partial charge in [-0.25, -0.2) is 8.42 Å². The van der Waals surface area contributed by atoms with Crippen LogP contribution < -0.4 is 5.32 Å². The molecular weight excluding hydrogens is 278 g/mol. The highest BCUT2D eigenvalue weighted by Gasteiger charge is 2.36. The van der Waals surface area contributed by atoms with Crippen LogP contribution in [0.5, 0.6) is 0 Å². The quantitative estimate of drug-likeness (QED) is 0.925. The smallest absolute Gasteiger partial charge is 0.274 e. The predicted molar refractivity (Wildman–Crippen MR) is 74.0 cm³/mol. The highest BCUT2D eigenvalue weighted by atomic mass is 32.2. The molecule has 1 amide bonds. The van der Waals surface area contributed by atoms with Crippen LogP contribution in [0.25, 0.3) is 0 Å². The summed E-state index contributed by atoms with van der Waals surface area (Å²) >= 11 is 0. The van der Waals surface area contributed by atoms with E-state index in [1.165, 1.54) is 22.6 Å². The maximum absolute atomic E-state index is 12.0. The van der Waals surface area contributed by atoms with E-state index >= 15 is 0 Å². The van der Waals surface area contributed by atoms with Gasteiger partial charge in [0.25, 0.3) is 5.91 Å². The molecule has 2 heterocycles. The zero-order valence-corrected chi connectivity index (χ0v) is 11.4. The van der Waals surface area contributed by atoms with Gasteiger partial charge < -0.3 is 5.32 Å². The van der Waals surface area contributed by atoms with Crippen LogP contribution >= 0.6 is 0 Å². The van der Waals surface area contributed by atoms with Crippen LogP contribution in [0.4, 0.5) is 5.69 Å². The summed E-state index contributed by atoms with van der Waals surface area (Å²) in [5, 5.41) is 2.34. The van der Waals surface area contributed by atoms with Crippen molar-refractivity contribution in [2.45, 2.75) is 18.1 Å². The van der Waals surface area contributed by atoms with E-state index in [0.29, 0.717) is 18.5 Å². The van der Waals surface area contributed by atoms with E-state index in [9.17, 15) is 13.2 Å². The molecule has 20 heavy (non-hydrogen) atoms. The number of amides is 1. The van der Waals surface area contributed by atoms with Crippen molar-refractivity contribution in [3.8, 4) is 0 Å². The van der Waals surface area contributed by atoms with Crippen LogP contribution in [0.3, 0.4) is 0 Å². The summed E-state index contributed by atoms with van der Waals surface area (Å²) in [4.78, 5) is 15.8. The molecular formula is C13H13N3O3S. The number of carbonyl (C=O) groups excluding carboxylic acids is 1. The molecule has 104 valence electrons. The molecule has 0 aromatic carbocycles. The molecule has 0 spiro atoms. The van der Waals surface area contributed by atoms with Crippen molar-refractivity contribution in [1.29, 1.82) is 0 Å². The number of rotatable bonds is 4. The Bertz CT molecular complexity index is 733. The standard InChI is InChI=1S/C13H13N3O3S/c17-13(12-3-1-2-7-14-12)15-10-6-8-16(9-10)20(18,19)11-4-5-11/h1-3,6-9,11H,4-5H2,(H,15,17). The van der Waals surface area contributed by atoms with Crippen LogP contribution in [0, 0.1) is 0 Å². The van der Waals surface area contributed by atoms with Gasteiger partial charge in [0, 0.05) is 18.6 Å². The van der Waals surface area contributed by atoms with E-state index in [-0.39, 0.29) is 16.9 Å². The molecule has 0 saturated heterocycles. The minimum atomic E-state index is -3.30. The van der Waals surface area contributed by atoms with Crippen LogP contribution in [-0.4, -0.2) is 28.5 Å². The van der Waals surface area contributed by atoms with Gasteiger partial charge >= 0.3 is 0 Å². The summed E-state index contributed by atoms with van der Waals surface area (Å²) in [7, 11) is -3.30. The molecule has 1 fully saturated rings. The molecule has 1 N–H and O–H groups in total. The van der Waals surface area contributed by atoms with Gasteiger partial charge in [0.15, 0.2) is 0 Å². The van der Waals surface area contributed by atoms with Crippen molar-refractivity contribution in [3.63, 3.8) is 0 Å². The number of hydrogen-bond acceptors (Lipinski definition) is 4. The van der Waals surface area contributed by atoms with Gasteiger partial charge in [-0.2, -0.15) is 0 Å². The fourth-order valence-electron chi connectivity index (χ4n) is 1.84. The Morgan fingerprint density at radius 2 is 2.10 bits per heavy atom. The van der Waals surface area contributed by atoms with Crippen molar-refractivity contribution >= 4 is 21.6 Å². The Morgan fingerprint density at radius 3 is 2.75 bits per heavy atom. The molecule has 1 saturated carbocycles. The first-order valence-electron chi connectivity index (χ1n) is 6.22. The summed E-state index contributed by atoms with van der Waals surface area (Å²) in [5.74, 6) is -0.368. The summed E-state index contributed by atoms with van der Waals surface area (Å²) in [6.07, 6.45) is 5.79. The van der Waals surface area contributed by atoms with Gasteiger partial charge in [0.2, 0.25) is 10.0 Å². The summed E-state index contributed by atoms with van der Waals surface area (Å²) in [6.45, 7) is 0. The summed E-state index contributed by atoms with van der Waals surface area (Å²) in [6, 6.07) is 6.58. The molecule has 0 unspecified atom stereocenters. The average molecular weight is 291 g/mol. The first-order valence-corrected chi connectivity index (χ1v) is 7.72. The molecule has 0 bridgehead atoms. The lowest BCUT2D eigenvalue weighted by Crippen LogP contribution is -2.16. The average Bonchev–Trinajstić information content (AvgIpc) is 3.21. The SMILES string of the molecule is O=C(Nc1ccn(S(=O)(=O)C2CC2)c1)c1ccccn1. The predicted octanol–water partition coefficient (Wildman–Crippen LogP) is 1.48. The van der Waals surface area contributed by atoms with E-state index < -0.39 is 10.0 Å². The zero-order chi connectivity index (χ0) is 14.2. The van der Waals surface area contributed by atoms with E-state index in [4.69, 9.17) is 0 Å². The fourth-order valence-corrected chi connectivity index (χ4v) is 3.41. The molecule has 0 radical (unpaired) electrons. The van der Waals surface area contributed by atoms with Crippen molar-refractivity contribution in [2.24, 2.45) is 0 Å². The van der Waals surface area contributed by atoms with E-state index in [1.807, 2.05) is 0 Å². The number of pyridine rings is 1. The summed E-state index contributed by atoms with van der Waals surface area (Å²) in [5.41, 5.74) is 0.718. The maximum Gasteiger partial charge on any atom is 0.274 e. The molecule has 6 nitrogen and oxygen atoms in total. The number of carbonyl (C=O) groups is 1. The lowest BCUT2D eigenvalue weighted by atomic mass is 10.3. The third kappa shape index (κ3) is 2.44. The van der Waals surface area contributed by atoms with E-state index in [1.54, 1.807) is 24.3 Å². The molecule has 2 aromatic heterocycles. The van der Waals surface area contributed by atoms with Crippen LogP contribution in [-0.2, 0) is 10.0 Å². The van der Waals surface area contributed by atoms with Crippen molar-refractivity contribution in [1.82, 2.24) is 8.96 Å². The Labute approximate surface area is 116 Å². The third-order valence-electron chi connectivity index (χ3n) is 3.06. The first kappa shape index (κ1) is 12.9. The lowest BCUT2D eigenvalue weighted by Gasteiger charge is -2.03. The molecule has 1 aliphatic carbocycles. The topological polar surface area (TPSA) is 81.1 Å². The van der Waals surface area contributed by atoms with Crippen LogP contribution in [0.1, 0.15) is 23.3 Å². The van der Waals surface area contributed by atoms with Crippen LogP contribution in [0.15, 0.2) is 42.9 Å². The van der Waals surface area contributed by atoms with E-state index in [2.05, 4.69) is 10.3 Å². The number of hydrogen-bond donors (Lipinski definition) is 1. The molecule has 2 aromatic rings. The molecule has 3 rings (SSSR count). The minimum Gasteiger partial charge on any atom is -0.319 e. The third-order valence-corrected chi connectivity index (χ3v) is 5.19. The van der Waals surface area contributed by atoms with Gasteiger partial charge in [0.1, 0.15) is 5.69 Å². The second kappa shape index (κ2) is 4.75. The molecule has 7 heteroatoms. The number of aromatic nitrogens is 2. The highest BCUT2D eigenvalue weighted by molar-refractivity contribution is 7.90. The Kier molecular flexibility index (Phi) is 3.06. The van der Waals surface area contributed by atoms with E-state index in [0.717, 1.165) is 0 Å². The second-order valence-electron chi connectivity index (χ2n) is 4.64. The Balaban J connectivity index is 1.76. The van der Waals surface area contributed by atoms with Crippen molar-refractivity contribution < 1.29 is 13.2 Å². The van der Waals surface area contributed by atoms with Gasteiger partial charge in [-0.3, -0.25) is 13.8 Å². The van der Waals surface area contributed by atoms with Crippen molar-refractivity contribution in [2.75, 3.05) is 5.32 Å². The Hall–Kier alpha value is -2.15. The lowest BCUT2D eigenvalue weighted by molar-refractivity contribution is 0.102. The van der Waals surface area contributed by atoms with Gasteiger partial charge in [-0.1, -0.05) is 6.07 Å². The number of nitrogens with zero attached hydrogens (tertiary/aromatic N) is 2. The van der Waals surface area contributed by atoms with Gasteiger partial charge in [-0.15, -0.1) is 0 Å². The monoisotopic (exact) mass is 291 g/mol. The largest absolute Gasteiger partial charge is 0.319 e. The summed E-state index contributed by atoms with van der Waals surface area (Å²) < 4.78 is 25.2. The minimum absolute atomic E-state index is 0.283. The van der Waals surface area contributed by atoms with Crippen molar-refractivity contribution in [3.05, 3.63) is 48.5 Å². The normalized spacial score (nSPS) is 15.0. The first-order chi connectivity index (χ1) is 9.57. The van der Waals surface area contributed by atoms with Crippen LogP contribution in [0.2, 0.25) is 0 Å². The van der Waals surface area contributed by atoms with Gasteiger partial charge in [0.05, 0.1) is 10.9 Å². The second-order valence-corrected chi connectivity index (χ2v) is 6.76. The van der Waals surface area contributed by atoms with Gasteiger partial charge in [-0.05, 0) is 31.0 Å².